The Hall–Kier alpha value is -1.36. The lowest BCUT2D eigenvalue weighted by Crippen LogP contribution is -1.93. The number of anilines is 1. The largest absolute Gasteiger partial charge is 0.396 e. The van der Waals surface area contributed by atoms with Crippen LogP contribution in [0.4, 0.5) is 11.4 Å². The standard InChI is InChI=1S/C5H4ClN3O2/c6-5-4(7)1-3(2-8-5)9(10)11/h1-2H,7H2. The van der Waals surface area contributed by atoms with Crippen molar-refractivity contribution in [3.63, 3.8) is 0 Å². The van der Waals surface area contributed by atoms with Gasteiger partial charge < -0.3 is 5.73 Å². The molecule has 1 aromatic heterocycles. The maximum Gasteiger partial charge on any atom is 0.289 e. The predicted octanol–water partition coefficient (Wildman–Crippen LogP) is 1.23. The normalized spacial score (nSPS) is 9.55. The summed E-state index contributed by atoms with van der Waals surface area (Å²) in [5, 5.41) is 10.2. The summed E-state index contributed by atoms with van der Waals surface area (Å²) in [4.78, 5) is 13.0. The van der Waals surface area contributed by atoms with E-state index in [1.807, 2.05) is 0 Å². The van der Waals surface area contributed by atoms with Crippen LogP contribution in [0.25, 0.3) is 0 Å². The Morgan fingerprint density at radius 3 is 2.82 bits per heavy atom. The lowest BCUT2D eigenvalue weighted by molar-refractivity contribution is -0.385. The molecule has 0 atom stereocenters. The number of nitrogen functional groups attached to an aromatic ring is 1. The maximum absolute atomic E-state index is 10.1. The fourth-order valence-corrected chi connectivity index (χ4v) is 0.657. The Balaban J connectivity index is 3.15. The Kier molecular flexibility index (Phi) is 1.91. The van der Waals surface area contributed by atoms with E-state index < -0.39 is 4.92 Å². The van der Waals surface area contributed by atoms with E-state index in [1.54, 1.807) is 0 Å². The molecule has 0 saturated heterocycles. The molecule has 2 N–H and O–H groups in total. The lowest BCUT2D eigenvalue weighted by Gasteiger charge is -1.94. The molecular formula is C5H4ClN3O2. The van der Waals surface area contributed by atoms with Gasteiger partial charge in [-0.3, -0.25) is 10.1 Å². The van der Waals surface area contributed by atoms with Gasteiger partial charge in [0.2, 0.25) is 0 Å². The van der Waals surface area contributed by atoms with Crippen LogP contribution in [0.1, 0.15) is 0 Å². The third-order valence-corrected chi connectivity index (χ3v) is 1.38. The summed E-state index contributed by atoms with van der Waals surface area (Å²) in [7, 11) is 0. The monoisotopic (exact) mass is 173 g/mol. The van der Waals surface area contributed by atoms with Gasteiger partial charge in [0.25, 0.3) is 5.69 Å². The van der Waals surface area contributed by atoms with Crippen LogP contribution >= 0.6 is 11.6 Å². The van der Waals surface area contributed by atoms with Gasteiger partial charge in [-0.15, -0.1) is 0 Å². The average molecular weight is 174 g/mol. The Morgan fingerprint density at radius 2 is 2.36 bits per heavy atom. The second kappa shape index (κ2) is 2.71. The SMILES string of the molecule is Nc1cc([N+](=O)[O-])cnc1Cl. The molecule has 0 saturated carbocycles. The van der Waals surface area contributed by atoms with Gasteiger partial charge in [-0.2, -0.15) is 0 Å². The van der Waals surface area contributed by atoms with Crippen molar-refractivity contribution in [2.24, 2.45) is 0 Å². The van der Waals surface area contributed by atoms with Crippen molar-refractivity contribution in [1.29, 1.82) is 0 Å². The molecule has 0 fully saturated rings. The second-order valence-electron chi connectivity index (χ2n) is 1.83. The number of nitro groups is 1. The van der Waals surface area contributed by atoms with Gasteiger partial charge in [-0.25, -0.2) is 4.98 Å². The van der Waals surface area contributed by atoms with Crippen molar-refractivity contribution in [2.75, 3.05) is 5.73 Å². The van der Waals surface area contributed by atoms with Crippen molar-refractivity contribution in [3.8, 4) is 0 Å². The number of nitrogens with two attached hydrogens (primary N) is 1. The quantitative estimate of drug-likeness (QED) is 0.393. The first-order valence-corrected chi connectivity index (χ1v) is 3.04. The van der Waals surface area contributed by atoms with Gasteiger partial charge in [0.05, 0.1) is 10.6 Å². The molecule has 0 aliphatic heterocycles. The first kappa shape index (κ1) is 7.74. The molecule has 0 unspecified atom stereocenters. The van der Waals surface area contributed by atoms with Gasteiger partial charge in [0, 0.05) is 6.07 Å². The average Bonchev–Trinajstić information content (AvgIpc) is 1.94. The van der Waals surface area contributed by atoms with Crippen LogP contribution in [0.2, 0.25) is 5.15 Å². The summed E-state index contributed by atoms with van der Waals surface area (Å²) in [6.45, 7) is 0. The zero-order chi connectivity index (χ0) is 8.43. The van der Waals surface area contributed by atoms with Crippen LogP contribution in [0.15, 0.2) is 12.3 Å². The highest BCUT2D eigenvalue weighted by Gasteiger charge is 2.07. The highest BCUT2D eigenvalue weighted by molar-refractivity contribution is 6.31. The number of nitrogens with zero attached hydrogens (tertiary/aromatic N) is 2. The molecule has 0 aliphatic carbocycles. The van der Waals surface area contributed by atoms with E-state index >= 15 is 0 Å². The van der Waals surface area contributed by atoms with E-state index in [4.69, 9.17) is 17.3 Å². The molecule has 0 aromatic carbocycles. The van der Waals surface area contributed by atoms with Crippen molar-refractivity contribution >= 4 is 23.0 Å². The summed E-state index contributed by atoms with van der Waals surface area (Å²) in [6, 6.07) is 1.16. The molecule has 6 heteroatoms. The van der Waals surface area contributed by atoms with Crippen LogP contribution < -0.4 is 5.73 Å². The van der Waals surface area contributed by atoms with Crippen molar-refractivity contribution in [1.82, 2.24) is 4.98 Å². The molecule has 0 amide bonds. The van der Waals surface area contributed by atoms with Crippen LogP contribution in [0.3, 0.4) is 0 Å². The number of aromatic nitrogens is 1. The number of pyridine rings is 1. The van der Waals surface area contributed by atoms with Crippen molar-refractivity contribution in [3.05, 3.63) is 27.5 Å². The van der Waals surface area contributed by atoms with Gasteiger partial charge in [0.15, 0.2) is 5.15 Å². The second-order valence-corrected chi connectivity index (χ2v) is 2.19. The molecule has 58 valence electrons. The molecule has 5 nitrogen and oxygen atoms in total. The fraction of sp³-hybridized carbons (Fsp3) is 0. The molecule has 1 heterocycles. The third kappa shape index (κ3) is 1.56. The van der Waals surface area contributed by atoms with E-state index in [9.17, 15) is 10.1 Å². The molecular weight excluding hydrogens is 170 g/mol. The van der Waals surface area contributed by atoms with Crippen LogP contribution in [-0.2, 0) is 0 Å². The zero-order valence-corrected chi connectivity index (χ0v) is 6.08. The van der Waals surface area contributed by atoms with Gasteiger partial charge in [-0.05, 0) is 0 Å². The highest BCUT2D eigenvalue weighted by atomic mass is 35.5. The van der Waals surface area contributed by atoms with Gasteiger partial charge >= 0.3 is 0 Å². The minimum absolute atomic E-state index is 0.0793. The summed E-state index contributed by atoms with van der Waals surface area (Å²) in [5.41, 5.74) is 5.21. The van der Waals surface area contributed by atoms with Crippen LogP contribution in [-0.4, -0.2) is 9.91 Å². The van der Waals surface area contributed by atoms with E-state index in [1.165, 1.54) is 0 Å². The minimum Gasteiger partial charge on any atom is -0.396 e. The Labute approximate surface area is 66.9 Å². The topological polar surface area (TPSA) is 82.0 Å². The minimum atomic E-state index is -0.584. The summed E-state index contributed by atoms with van der Waals surface area (Å²) >= 11 is 5.43. The summed E-state index contributed by atoms with van der Waals surface area (Å²) in [6.07, 6.45) is 1.05. The highest BCUT2D eigenvalue weighted by Crippen LogP contribution is 2.20. The zero-order valence-electron chi connectivity index (χ0n) is 5.32. The van der Waals surface area contributed by atoms with Crippen molar-refractivity contribution in [2.45, 2.75) is 0 Å². The van der Waals surface area contributed by atoms with E-state index in [0.717, 1.165) is 12.3 Å². The predicted molar refractivity (Wildman–Crippen MR) is 40.3 cm³/mol. The van der Waals surface area contributed by atoms with Crippen LogP contribution in [0, 0.1) is 10.1 Å². The Morgan fingerprint density at radius 1 is 1.73 bits per heavy atom. The summed E-state index contributed by atoms with van der Waals surface area (Å²) < 4.78 is 0. The molecule has 0 radical (unpaired) electrons. The molecule has 11 heavy (non-hydrogen) atoms. The van der Waals surface area contributed by atoms with Crippen LogP contribution in [0.5, 0.6) is 0 Å². The molecule has 0 spiro atoms. The summed E-state index contributed by atoms with van der Waals surface area (Å²) in [5.74, 6) is 0. The van der Waals surface area contributed by atoms with E-state index in [0.29, 0.717) is 0 Å². The molecule has 1 aromatic rings. The number of halogens is 1. The number of rotatable bonds is 1. The molecule has 0 aliphatic rings. The maximum atomic E-state index is 10.1. The van der Waals surface area contributed by atoms with E-state index in [-0.39, 0.29) is 16.5 Å². The Bertz CT molecular complexity index is 302. The number of hydrogen-bond donors (Lipinski definition) is 1. The first-order chi connectivity index (χ1) is 5.11. The van der Waals surface area contributed by atoms with Gasteiger partial charge in [0.1, 0.15) is 6.20 Å². The third-order valence-electron chi connectivity index (χ3n) is 1.06. The van der Waals surface area contributed by atoms with Gasteiger partial charge in [-0.1, -0.05) is 11.6 Å². The van der Waals surface area contributed by atoms with Crippen molar-refractivity contribution < 1.29 is 4.92 Å². The molecule has 1 rings (SSSR count). The molecule has 0 bridgehead atoms. The first-order valence-electron chi connectivity index (χ1n) is 2.66. The fourth-order valence-electron chi connectivity index (χ4n) is 0.553. The van der Waals surface area contributed by atoms with E-state index in [2.05, 4.69) is 4.98 Å². The smallest absolute Gasteiger partial charge is 0.289 e. The lowest BCUT2D eigenvalue weighted by atomic mass is 10.4. The number of hydrogen-bond acceptors (Lipinski definition) is 4.